The number of non-ortho nitro benzene ring substituents is 1. The monoisotopic (exact) mass is 320 g/mol. The Labute approximate surface area is 131 Å². The highest BCUT2D eigenvalue weighted by Crippen LogP contribution is 2.16. The van der Waals surface area contributed by atoms with Crippen LogP contribution in [0.4, 0.5) is 5.69 Å². The van der Waals surface area contributed by atoms with Crippen molar-refractivity contribution in [2.75, 3.05) is 13.7 Å². The zero-order valence-corrected chi connectivity index (χ0v) is 12.7. The predicted octanol–water partition coefficient (Wildman–Crippen LogP) is 0.456. The highest BCUT2D eigenvalue weighted by molar-refractivity contribution is 5.80. The number of nitrogens with zero attached hydrogens (tertiary/aromatic N) is 3. The fourth-order valence-electron chi connectivity index (χ4n) is 2.14. The van der Waals surface area contributed by atoms with E-state index < -0.39 is 10.5 Å². The van der Waals surface area contributed by atoms with Crippen LogP contribution in [0.1, 0.15) is 6.92 Å². The Morgan fingerprint density at radius 2 is 2.26 bits per heavy atom. The number of benzene rings is 1. The zero-order chi connectivity index (χ0) is 17.0. The molecule has 9 heteroatoms. The number of amides is 1. The molecule has 1 aromatic heterocycles. The summed E-state index contributed by atoms with van der Waals surface area (Å²) in [6, 6.07) is 3.61. The summed E-state index contributed by atoms with van der Waals surface area (Å²) in [5.74, 6) is -0.347. The molecule has 0 saturated heterocycles. The lowest BCUT2D eigenvalue weighted by atomic mass is 10.2. The van der Waals surface area contributed by atoms with Crippen LogP contribution in [0.3, 0.4) is 0 Å². The van der Waals surface area contributed by atoms with Gasteiger partial charge in [0.15, 0.2) is 0 Å². The van der Waals surface area contributed by atoms with Gasteiger partial charge in [-0.15, -0.1) is 0 Å². The average molecular weight is 320 g/mol. The number of aromatic nitrogens is 2. The van der Waals surface area contributed by atoms with Crippen molar-refractivity contribution < 1.29 is 14.5 Å². The summed E-state index contributed by atoms with van der Waals surface area (Å²) in [5.41, 5.74) is -0.360. The van der Waals surface area contributed by atoms with E-state index >= 15 is 0 Å². The molecule has 2 aromatic rings. The lowest BCUT2D eigenvalue weighted by molar-refractivity contribution is -0.384. The van der Waals surface area contributed by atoms with E-state index in [1.807, 2.05) is 0 Å². The van der Waals surface area contributed by atoms with Gasteiger partial charge in [-0.25, -0.2) is 4.98 Å². The van der Waals surface area contributed by atoms with Crippen LogP contribution >= 0.6 is 0 Å². The van der Waals surface area contributed by atoms with Gasteiger partial charge in [0, 0.05) is 25.3 Å². The Kier molecular flexibility index (Phi) is 5.02. The molecule has 1 aromatic carbocycles. The number of fused-ring (bicyclic) bond motifs is 1. The van der Waals surface area contributed by atoms with Gasteiger partial charge in [0.25, 0.3) is 11.2 Å². The largest absolute Gasteiger partial charge is 0.383 e. The fraction of sp³-hybridized carbons (Fsp3) is 0.357. The van der Waals surface area contributed by atoms with E-state index in [9.17, 15) is 19.7 Å². The third kappa shape index (κ3) is 3.89. The van der Waals surface area contributed by atoms with Crippen molar-refractivity contribution in [1.29, 1.82) is 0 Å². The van der Waals surface area contributed by atoms with E-state index in [0.717, 1.165) is 4.57 Å². The standard InChI is InChI=1S/C14H16N4O5/c1-9(7-23-2)16-13(19)6-17-8-15-12-5-10(18(21)22)3-4-11(12)14(17)20/h3-5,8-9H,6-7H2,1-2H3,(H,16,19). The van der Waals surface area contributed by atoms with Crippen LogP contribution in [0, 0.1) is 10.1 Å². The number of hydrogen-bond donors (Lipinski definition) is 1. The average Bonchev–Trinajstić information content (AvgIpc) is 2.49. The molecule has 0 bridgehead atoms. The summed E-state index contributed by atoms with van der Waals surface area (Å²) in [4.78, 5) is 38.4. The van der Waals surface area contributed by atoms with E-state index in [2.05, 4.69) is 10.3 Å². The third-order valence-electron chi connectivity index (χ3n) is 3.16. The van der Waals surface area contributed by atoms with E-state index in [1.54, 1.807) is 6.92 Å². The minimum atomic E-state index is -0.558. The molecule has 1 N–H and O–H groups in total. The second kappa shape index (κ2) is 6.97. The van der Waals surface area contributed by atoms with Crippen molar-refractivity contribution in [1.82, 2.24) is 14.9 Å². The van der Waals surface area contributed by atoms with Crippen molar-refractivity contribution in [3.05, 3.63) is 45.0 Å². The van der Waals surface area contributed by atoms with Gasteiger partial charge in [-0.05, 0) is 13.0 Å². The summed E-state index contributed by atoms with van der Waals surface area (Å²) >= 11 is 0. The highest BCUT2D eigenvalue weighted by atomic mass is 16.6. The molecule has 0 aliphatic carbocycles. The first-order valence-corrected chi connectivity index (χ1v) is 6.84. The maximum absolute atomic E-state index is 12.3. The number of methoxy groups -OCH3 is 1. The maximum Gasteiger partial charge on any atom is 0.271 e. The molecule has 0 aliphatic rings. The molecular weight excluding hydrogens is 304 g/mol. The molecule has 1 heterocycles. The first-order valence-electron chi connectivity index (χ1n) is 6.84. The molecule has 0 aliphatic heterocycles. The minimum absolute atomic E-state index is 0.145. The second-order valence-electron chi connectivity index (χ2n) is 5.06. The summed E-state index contributed by atoms with van der Waals surface area (Å²) in [5, 5.41) is 13.6. The number of ether oxygens (including phenoxy) is 1. The number of carbonyl (C=O) groups is 1. The molecule has 1 atom stereocenters. The van der Waals surface area contributed by atoms with Crippen molar-refractivity contribution >= 4 is 22.5 Å². The maximum atomic E-state index is 12.3. The Bertz CT molecular complexity index is 801. The van der Waals surface area contributed by atoms with Crippen LogP contribution in [-0.4, -0.2) is 40.1 Å². The van der Waals surface area contributed by atoms with Gasteiger partial charge in [-0.1, -0.05) is 0 Å². The molecule has 2 rings (SSSR count). The van der Waals surface area contributed by atoms with Crippen molar-refractivity contribution in [2.24, 2.45) is 0 Å². The normalized spacial score (nSPS) is 12.1. The first-order chi connectivity index (χ1) is 10.9. The van der Waals surface area contributed by atoms with E-state index in [1.165, 1.54) is 31.6 Å². The summed E-state index contributed by atoms with van der Waals surface area (Å²) < 4.78 is 6.07. The number of hydrogen-bond acceptors (Lipinski definition) is 6. The van der Waals surface area contributed by atoms with Crippen LogP contribution in [0.25, 0.3) is 10.9 Å². The zero-order valence-electron chi connectivity index (χ0n) is 12.7. The number of carbonyl (C=O) groups excluding carboxylic acids is 1. The molecule has 0 radical (unpaired) electrons. The fourth-order valence-corrected chi connectivity index (χ4v) is 2.14. The molecule has 122 valence electrons. The van der Waals surface area contributed by atoms with Gasteiger partial charge in [-0.2, -0.15) is 0 Å². The molecule has 23 heavy (non-hydrogen) atoms. The van der Waals surface area contributed by atoms with Crippen LogP contribution in [0.2, 0.25) is 0 Å². The molecule has 9 nitrogen and oxygen atoms in total. The minimum Gasteiger partial charge on any atom is -0.383 e. The van der Waals surface area contributed by atoms with Crippen molar-refractivity contribution in [3.8, 4) is 0 Å². The smallest absolute Gasteiger partial charge is 0.271 e. The first kappa shape index (κ1) is 16.6. The van der Waals surface area contributed by atoms with E-state index in [-0.39, 0.29) is 35.1 Å². The van der Waals surface area contributed by atoms with Gasteiger partial charge in [0.2, 0.25) is 5.91 Å². The molecule has 0 saturated carbocycles. The van der Waals surface area contributed by atoms with Crippen molar-refractivity contribution in [2.45, 2.75) is 19.5 Å². The van der Waals surface area contributed by atoms with Crippen LogP contribution in [0.15, 0.2) is 29.3 Å². The Morgan fingerprint density at radius 3 is 2.91 bits per heavy atom. The molecular formula is C14H16N4O5. The Morgan fingerprint density at radius 1 is 1.52 bits per heavy atom. The van der Waals surface area contributed by atoms with Gasteiger partial charge in [-0.3, -0.25) is 24.3 Å². The topological polar surface area (TPSA) is 116 Å². The Balaban J connectivity index is 2.24. The van der Waals surface area contributed by atoms with E-state index in [4.69, 9.17) is 4.74 Å². The molecule has 1 amide bonds. The van der Waals surface area contributed by atoms with Gasteiger partial charge < -0.3 is 10.1 Å². The third-order valence-corrected chi connectivity index (χ3v) is 3.16. The summed E-state index contributed by atoms with van der Waals surface area (Å²) in [7, 11) is 1.53. The Hall–Kier alpha value is -2.81. The predicted molar refractivity (Wildman–Crippen MR) is 82.1 cm³/mol. The highest BCUT2D eigenvalue weighted by Gasteiger charge is 2.13. The lowest BCUT2D eigenvalue weighted by Gasteiger charge is -2.13. The van der Waals surface area contributed by atoms with E-state index in [0.29, 0.717) is 6.61 Å². The van der Waals surface area contributed by atoms with Gasteiger partial charge in [0.05, 0.1) is 28.8 Å². The lowest BCUT2D eigenvalue weighted by Crippen LogP contribution is -2.39. The number of rotatable bonds is 6. The van der Waals surface area contributed by atoms with Crippen LogP contribution < -0.4 is 10.9 Å². The summed E-state index contributed by atoms with van der Waals surface area (Å²) in [6.07, 6.45) is 1.20. The number of nitrogens with one attached hydrogen (secondary N) is 1. The van der Waals surface area contributed by atoms with Crippen LogP contribution in [-0.2, 0) is 16.1 Å². The van der Waals surface area contributed by atoms with Gasteiger partial charge >= 0.3 is 0 Å². The quantitative estimate of drug-likeness (QED) is 0.610. The SMILES string of the molecule is COCC(C)NC(=O)Cn1cnc2cc([N+](=O)[O-])ccc2c1=O. The molecule has 0 spiro atoms. The number of nitro benzene ring substituents is 1. The summed E-state index contributed by atoms with van der Waals surface area (Å²) in [6.45, 7) is 1.95. The second-order valence-corrected chi connectivity index (χ2v) is 5.06. The molecule has 0 fully saturated rings. The van der Waals surface area contributed by atoms with Crippen LogP contribution in [0.5, 0.6) is 0 Å². The van der Waals surface area contributed by atoms with Gasteiger partial charge in [0.1, 0.15) is 6.54 Å². The number of nitro groups is 1. The molecule has 1 unspecified atom stereocenters. The van der Waals surface area contributed by atoms with Crippen molar-refractivity contribution in [3.63, 3.8) is 0 Å².